The minimum absolute atomic E-state index is 0.159. The van der Waals surface area contributed by atoms with Gasteiger partial charge in [0.1, 0.15) is 0 Å². The van der Waals surface area contributed by atoms with E-state index in [2.05, 4.69) is 34.6 Å². The average molecular weight is 253 g/mol. The third-order valence-electron chi connectivity index (χ3n) is 2.98. The molecule has 1 aromatic heterocycles. The molecule has 0 amide bonds. The molecule has 0 unspecified atom stereocenters. The van der Waals surface area contributed by atoms with Gasteiger partial charge in [0.15, 0.2) is 0 Å². The Balaban J connectivity index is 2.58. The fourth-order valence-corrected chi connectivity index (χ4v) is 1.93. The van der Waals surface area contributed by atoms with Crippen molar-refractivity contribution in [2.24, 2.45) is 0 Å². The Labute approximate surface area is 109 Å². The Kier molecular flexibility index (Phi) is 5.85. The van der Waals surface area contributed by atoms with Gasteiger partial charge in [-0.15, -0.1) is 0 Å². The number of carbonyl (C=O) groups excluding carboxylic acids is 1. The van der Waals surface area contributed by atoms with Crippen LogP contribution in [0.1, 0.15) is 31.7 Å². The van der Waals surface area contributed by atoms with E-state index in [4.69, 9.17) is 0 Å². The smallest absolute Gasteiger partial charge is 0.306 e. The van der Waals surface area contributed by atoms with Crippen molar-refractivity contribution in [3.63, 3.8) is 0 Å². The summed E-state index contributed by atoms with van der Waals surface area (Å²) in [4.78, 5) is 13.4. The summed E-state index contributed by atoms with van der Waals surface area (Å²) in [7, 11) is 1.42. The van der Waals surface area contributed by atoms with Crippen LogP contribution in [0.15, 0.2) is 6.07 Å². The fourth-order valence-electron chi connectivity index (χ4n) is 1.93. The van der Waals surface area contributed by atoms with Gasteiger partial charge in [0, 0.05) is 19.6 Å². The number of rotatable bonds is 7. The normalized spacial score (nSPS) is 10.9. The number of nitrogens with zero attached hydrogens (tertiary/aromatic N) is 3. The molecule has 0 aliphatic carbocycles. The van der Waals surface area contributed by atoms with E-state index in [1.54, 1.807) is 0 Å². The van der Waals surface area contributed by atoms with Crippen LogP contribution in [0.3, 0.4) is 0 Å². The van der Waals surface area contributed by atoms with E-state index in [9.17, 15) is 4.79 Å². The first-order valence-electron chi connectivity index (χ1n) is 6.43. The molecular formula is C13H23N3O2. The average Bonchev–Trinajstić information content (AvgIpc) is 2.73. The van der Waals surface area contributed by atoms with Crippen molar-refractivity contribution in [3.05, 3.63) is 17.5 Å². The van der Waals surface area contributed by atoms with Crippen LogP contribution in [0, 0.1) is 6.92 Å². The van der Waals surface area contributed by atoms with E-state index in [1.807, 2.05) is 11.6 Å². The summed E-state index contributed by atoms with van der Waals surface area (Å²) in [6.45, 7) is 9.50. The first-order valence-corrected chi connectivity index (χ1v) is 6.43. The molecule has 102 valence electrons. The van der Waals surface area contributed by atoms with Gasteiger partial charge in [-0.3, -0.25) is 14.4 Å². The van der Waals surface area contributed by atoms with Crippen molar-refractivity contribution >= 4 is 5.97 Å². The van der Waals surface area contributed by atoms with Crippen molar-refractivity contribution < 1.29 is 9.53 Å². The van der Waals surface area contributed by atoms with E-state index >= 15 is 0 Å². The fraction of sp³-hybridized carbons (Fsp3) is 0.692. The molecule has 0 atom stereocenters. The third-order valence-corrected chi connectivity index (χ3v) is 2.98. The molecule has 1 rings (SSSR count). The highest BCUT2D eigenvalue weighted by Crippen LogP contribution is 2.08. The zero-order valence-corrected chi connectivity index (χ0v) is 11.8. The van der Waals surface area contributed by atoms with Gasteiger partial charge in [-0.1, -0.05) is 6.92 Å². The second-order valence-corrected chi connectivity index (χ2v) is 4.29. The first kappa shape index (κ1) is 14.7. The Bertz CT molecular complexity index is 388. The van der Waals surface area contributed by atoms with Gasteiger partial charge in [0.05, 0.1) is 24.9 Å². The zero-order chi connectivity index (χ0) is 13.5. The first-order chi connectivity index (χ1) is 8.60. The molecule has 5 heteroatoms. The van der Waals surface area contributed by atoms with Gasteiger partial charge in [0.25, 0.3) is 0 Å². The quantitative estimate of drug-likeness (QED) is 0.692. The Hall–Kier alpha value is -1.36. The molecule has 1 aromatic rings. The third kappa shape index (κ3) is 4.14. The standard InChI is InChI=1S/C13H23N3O2/c1-5-15(8-7-13(17)18-4)10-12-9-11(3)14-16(12)6-2/h9H,5-8,10H2,1-4H3. The second-order valence-electron chi connectivity index (χ2n) is 4.29. The predicted octanol–water partition coefficient (Wildman–Crippen LogP) is 1.60. The minimum atomic E-state index is -0.159. The van der Waals surface area contributed by atoms with Crippen LogP contribution in [0.4, 0.5) is 0 Å². The molecule has 0 spiro atoms. The number of hydrogen-bond acceptors (Lipinski definition) is 4. The number of aromatic nitrogens is 2. The molecule has 0 radical (unpaired) electrons. The molecule has 0 saturated carbocycles. The monoisotopic (exact) mass is 253 g/mol. The highest BCUT2D eigenvalue weighted by atomic mass is 16.5. The zero-order valence-electron chi connectivity index (χ0n) is 11.8. The lowest BCUT2D eigenvalue weighted by Gasteiger charge is -2.20. The van der Waals surface area contributed by atoms with Crippen molar-refractivity contribution in [1.82, 2.24) is 14.7 Å². The number of esters is 1. The molecule has 0 aromatic carbocycles. The van der Waals surface area contributed by atoms with E-state index in [-0.39, 0.29) is 5.97 Å². The number of methoxy groups -OCH3 is 1. The lowest BCUT2D eigenvalue weighted by Crippen LogP contribution is -2.27. The van der Waals surface area contributed by atoms with Crippen LogP contribution >= 0.6 is 0 Å². The van der Waals surface area contributed by atoms with Crippen molar-refractivity contribution in [3.8, 4) is 0 Å². The molecule has 0 fully saturated rings. The summed E-state index contributed by atoms with van der Waals surface area (Å²) in [6, 6.07) is 2.10. The van der Waals surface area contributed by atoms with E-state index in [1.165, 1.54) is 12.8 Å². The van der Waals surface area contributed by atoms with Crippen LogP contribution in [0.5, 0.6) is 0 Å². The van der Waals surface area contributed by atoms with Crippen LogP contribution in [0.25, 0.3) is 0 Å². The summed E-state index contributed by atoms with van der Waals surface area (Å²) in [5, 5.41) is 4.43. The molecular weight excluding hydrogens is 230 g/mol. The van der Waals surface area contributed by atoms with Crippen LogP contribution in [-0.2, 0) is 22.6 Å². The van der Waals surface area contributed by atoms with Gasteiger partial charge >= 0.3 is 5.97 Å². The van der Waals surface area contributed by atoms with Crippen LogP contribution in [0.2, 0.25) is 0 Å². The van der Waals surface area contributed by atoms with Gasteiger partial charge in [-0.25, -0.2) is 0 Å². The van der Waals surface area contributed by atoms with Gasteiger partial charge in [0.2, 0.25) is 0 Å². The molecule has 0 aliphatic rings. The van der Waals surface area contributed by atoms with E-state index < -0.39 is 0 Å². The van der Waals surface area contributed by atoms with Gasteiger partial charge < -0.3 is 4.74 Å². The maximum Gasteiger partial charge on any atom is 0.306 e. The maximum atomic E-state index is 11.1. The topological polar surface area (TPSA) is 47.4 Å². The molecule has 1 heterocycles. The minimum Gasteiger partial charge on any atom is -0.469 e. The maximum absolute atomic E-state index is 11.1. The van der Waals surface area contributed by atoms with Crippen molar-refractivity contribution in [1.29, 1.82) is 0 Å². The van der Waals surface area contributed by atoms with Crippen molar-refractivity contribution in [2.45, 2.75) is 40.3 Å². The van der Waals surface area contributed by atoms with Crippen LogP contribution < -0.4 is 0 Å². The summed E-state index contributed by atoms with van der Waals surface area (Å²) < 4.78 is 6.67. The number of ether oxygens (including phenoxy) is 1. The predicted molar refractivity (Wildman–Crippen MR) is 70.2 cm³/mol. The number of aryl methyl sites for hydroxylation is 2. The molecule has 0 aliphatic heterocycles. The molecule has 5 nitrogen and oxygen atoms in total. The van der Waals surface area contributed by atoms with Gasteiger partial charge in [-0.05, 0) is 26.5 Å². The van der Waals surface area contributed by atoms with Crippen LogP contribution in [-0.4, -0.2) is 40.8 Å². The Morgan fingerprint density at radius 2 is 2.22 bits per heavy atom. The highest BCUT2D eigenvalue weighted by Gasteiger charge is 2.11. The lowest BCUT2D eigenvalue weighted by molar-refractivity contribution is -0.141. The second kappa shape index (κ2) is 7.16. The highest BCUT2D eigenvalue weighted by molar-refractivity contribution is 5.69. The molecule has 18 heavy (non-hydrogen) atoms. The summed E-state index contributed by atoms with van der Waals surface area (Å²) in [5.41, 5.74) is 2.23. The number of hydrogen-bond donors (Lipinski definition) is 0. The number of carbonyl (C=O) groups is 1. The SMILES string of the molecule is CCN(CCC(=O)OC)Cc1cc(C)nn1CC. The summed E-state index contributed by atoms with van der Waals surface area (Å²) in [6.07, 6.45) is 0.434. The van der Waals surface area contributed by atoms with E-state index in [0.717, 1.165) is 31.9 Å². The lowest BCUT2D eigenvalue weighted by atomic mass is 10.3. The largest absolute Gasteiger partial charge is 0.469 e. The van der Waals surface area contributed by atoms with E-state index in [0.29, 0.717) is 6.42 Å². The Morgan fingerprint density at radius 1 is 1.50 bits per heavy atom. The summed E-state index contributed by atoms with van der Waals surface area (Å²) in [5.74, 6) is -0.159. The molecule has 0 N–H and O–H groups in total. The Morgan fingerprint density at radius 3 is 2.78 bits per heavy atom. The summed E-state index contributed by atoms with van der Waals surface area (Å²) >= 11 is 0. The molecule has 0 bridgehead atoms. The van der Waals surface area contributed by atoms with Crippen molar-refractivity contribution in [2.75, 3.05) is 20.2 Å². The van der Waals surface area contributed by atoms with Gasteiger partial charge in [-0.2, -0.15) is 5.10 Å². The molecule has 0 saturated heterocycles.